The fraction of sp³-hybridized carbons (Fsp3) is 0.471. The number of aliphatic carboxylic acids is 1. The van der Waals surface area contributed by atoms with Crippen molar-refractivity contribution in [3.8, 4) is 0 Å². The standard InChI is InChI=1S/C17H25N3O5S/c1-26-8-7-13(16(23)20-14(10-21)17(24)25)19-15(22)12(18)9-11-5-3-2-4-6-11/h2-6,12-14,21H,7-10,18H2,1H3,(H,19,22)(H,20,23)(H,24,25). The lowest BCUT2D eigenvalue weighted by Crippen LogP contribution is -2.55. The third kappa shape index (κ3) is 7.42. The zero-order valence-electron chi connectivity index (χ0n) is 14.6. The lowest BCUT2D eigenvalue weighted by Gasteiger charge is -2.22. The van der Waals surface area contributed by atoms with Crippen LogP contribution in [0.25, 0.3) is 0 Å². The molecule has 0 aliphatic rings. The number of carboxylic acids is 1. The number of aliphatic hydroxyl groups excluding tert-OH is 1. The summed E-state index contributed by atoms with van der Waals surface area (Å²) < 4.78 is 0. The Balaban J connectivity index is 2.71. The molecule has 0 heterocycles. The van der Waals surface area contributed by atoms with Crippen molar-refractivity contribution in [1.29, 1.82) is 0 Å². The van der Waals surface area contributed by atoms with Gasteiger partial charge < -0.3 is 26.6 Å². The van der Waals surface area contributed by atoms with Crippen molar-refractivity contribution in [2.24, 2.45) is 5.73 Å². The number of carbonyl (C=O) groups is 3. The number of carbonyl (C=O) groups excluding carboxylic acids is 2. The Hall–Kier alpha value is -2.10. The average Bonchev–Trinajstić information content (AvgIpc) is 2.63. The molecule has 0 aliphatic carbocycles. The summed E-state index contributed by atoms with van der Waals surface area (Å²) in [5.74, 6) is -1.92. The second kappa shape index (κ2) is 11.5. The van der Waals surface area contributed by atoms with Crippen LogP contribution in [-0.4, -0.2) is 64.7 Å². The van der Waals surface area contributed by atoms with E-state index in [-0.39, 0.29) is 0 Å². The molecule has 9 heteroatoms. The second-order valence-corrected chi connectivity index (χ2v) is 6.71. The lowest BCUT2D eigenvalue weighted by molar-refractivity contribution is -0.143. The van der Waals surface area contributed by atoms with Crippen LogP contribution < -0.4 is 16.4 Å². The summed E-state index contributed by atoms with van der Waals surface area (Å²) in [5.41, 5.74) is 6.81. The first-order valence-electron chi connectivity index (χ1n) is 8.11. The van der Waals surface area contributed by atoms with E-state index < -0.39 is 42.5 Å². The number of aliphatic hydroxyl groups is 1. The minimum Gasteiger partial charge on any atom is -0.480 e. The number of carboxylic acid groups (broad SMARTS) is 1. The molecule has 0 radical (unpaired) electrons. The van der Waals surface area contributed by atoms with Crippen LogP contribution in [0, 0.1) is 0 Å². The molecule has 26 heavy (non-hydrogen) atoms. The van der Waals surface area contributed by atoms with Crippen LogP contribution in [0.2, 0.25) is 0 Å². The highest BCUT2D eigenvalue weighted by atomic mass is 32.2. The first kappa shape index (κ1) is 21.9. The fourth-order valence-electron chi connectivity index (χ4n) is 2.20. The topological polar surface area (TPSA) is 142 Å². The molecule has 0 saturated heterocycles. The quantitative estimate of drug-likeness (QED) is 0.342. The number of benzene rings is 1. The van der Waals surface area contributed by atoms with Gasteiger partial charge in [-0.15, -0.1) is 0 Å². The number of rotatable bonds is 11. The normalized spacial score (nSPS) is 14.1. The Labute approximate surface area is 156 Å². The van der Waals surface area contributed by atoms with Gasteiger partial charge in [-0.3, -0.25) is 9.59 Å². The predicted octanol–water partition coefficient (Wildman–Crippen LogP) is -0.644. The maximum Gasteiger partial charge on any atom is 0.328 e. The number of amides is 2. The number of thioether (sulfide) groups is 1. The van der Waals surface area contributed by atoms with Crippen LogP contribution in [-0.2, 0) is 20.8 Å². The Morgan fingerprint density at radius 1 is 1.12 bits per heavy atom. The molecule has 2 amide bonds. The van der Waals surface area contributed by atoms with Crippen LogP contribution in [0.3, 0.4) is 0 Å². The summed E-state index contributed by atoms with van der Waals surface area (Å²) in [7, 11) is 0. The molecule has 1 rings (SSSR count). The van der Waals surface area contributed by atoms with Crippen LogP contribution in [0.15, 0.2) is 30.3 Å². The van der Waals surface area contributed by atoms with Gasteiger partial charge in [0.05, 0.1) is 12.6 Å². The van der Waals surface area contributed by atoms with E-state index in [1.54, 1.807) is 0 Å². The first-order chi connectivity index (χ1) is 12.4. The van der Waals surface area contributed by atoms with Crippen LogP contribution in [0.1, 0.15) is 12.0 Å². The minimum atomic E-state index is -1.42. The van der Waals surface area contributed by atoms with Crippen LogP contribution in [0.5, 0.6) is 0 Å². The van der Waals surface area contributed by atoms with Crippen molar-refractivity contribution < 1.29 is 24.6 Å². The third-order valence-electron chi connectivity index (χ3n) is 3.68. The minimum absolute atomic E-state index is 0.314. The van der Waals surface area contributed by atoms with Gasteiger partial charge in [-0.25, -0.2) is 4.79 Å². The van der Waals surface area contributed by atoms with Gasteiger partial charge in [0.1, 0.15) is 12.1 Å². The molecule has 3 atom stereocenters. The second-order valence-electron chi connectivity index (χ2n) is 5.72. The summed E-state index contributed by atoms with van der Waals surface area (Å²) >= 11 is 1.49. The molecule has 0 bridgehead atoms. The predicted molar refractivity (Wildman–Crippen MR) is 99.7 cm³/mol. The maximum atomic E-state index is 12.3. The van der Waals surface area contributed by atoms with Crippen LogP contribution in [0.4, 0.5) is 0 Å². The number of nitrogens with one attached hydrogen (secondary N) is 2. The molecule has 1 aromatic carbocycles. The zero-order valence-corrected chi connectivity index (χ0v) is 15.4. The van der Waals surface area contributed by atoms with Gasteiger partial charge in [0, 0.05) is 0 Å². The first-order valence-corrected chi connectivity index (χ1v) is 9.51. The van der Waals surface area contributed by atoms with Gasteiger partial charge in [0.15, 0.2) is 0 Å². The van der Waals surface area contributed by atoms with Gasteiger partial charge in [-0.05, 0) is 30.4 Å². The molecular weight excluding hydrogens is 358 g/mol. The molecule has 0 spiro atoms. The summed E-state index contributed by atoms with van der Waals surface area (Å²) in [6, 6.07) is 6.06. The van der Waals surface area contributed by atoms with E-state index in [9.17, 15) is 14.4 Å². The van der Waals surface area contributed by atoms with Gasteiger partial charge in [-0.2, -0.15) is 11.8 Å². The van der Waals surface area contributed by atoms with E-state index >= 15 is 0 Å². The van der Waals surface area contributed by atoms with Crippen molar-refractivity contribution in [1.82, 2.24) is 10.6 Å². The summed E-state index contributed by atoms with van der Waals surface area (Å²) in [6.07, 6.45) is 2.48. The van der Waals surface area contributed by atoms with Gasteiger partial charge in [-0.1, -0.05) is 30.3 Å². The van der Waals surface area contributed by atoms with Gasteiger partial charge in [0.25, 0.3) is 0 Å². The summed E-state index contributed by atoms with van der Waals surface area (Å²) in [5, 5.41) is 22.8. The molecule has 144 valence electrons. The zero-order chi connectivity index (χ0) is 19.5. The Kier molecular flexibility index (Phi) is 9.71. The molecule has 8 nitrogen and oxygen atoms in total. The third-order valence-corrected chi connectivity index (χ3v) is 4.32. The van der Waals surface area contributed by atoms with Crippen molar-refractivity contribution >= 4 is 29.5 Å². The van der Waals surface area contributed by atoms with Crippen molar-refractivity contribution in [3.05, 3.63) is 35.9 Å². The average molecular weight is 383 g/mol. The van der Waals surface area contributed by atoms with E-state index in [1.807, 2.05) is 36.6 Å². The molecular formula is C17H25N3O5S. The maximum absolute atomic E-state index is 12.3. The Morgan fingerprint density at radius 3 is 2.27 bits per heavy atom. The van der Waals surface area contributed by atoms with E-state index in [4.69, 9.17) is 15.9 Å². The monoisotopic (exact) mass is 383 g/mol. The molecule has 0 fully saturated rings. The van der Waals surface area contributed by atoms with E-state index in [0.29, 0.717) is 18.6 Å². The van der Waals surface area contributed by atoms with Gasteiger partial charge in [0.2, 0.25) is 11.8 Å². The Bertz CT molecular complexity index is 599. The molecule has 6 N–H and O–H groups in total. The molecule has 1 aromatic rings. The van der Waals surface area contributed by atoms with Gasteiger partial charge >= 0.3 is 5.97 Å². The fourth-order valence-corrected chi connectivity index (χ4v) is 2.67. The van der Waals surface area contributed by atoms with Crippen molar-refractivity contribution in [2.75, 3.05) is 18.6 Å². The number of hydrogen-bond acceptors (Lipinski definition) is 6. The van der Waals surface area contributed by atoms with Crippen LogP contribution >= 0.6 is 11.8 Å². The number of nitrogens with two attached hydrogens (primary N) is 1. The van der Waals surface area contributed by atoms with E-state index in [0.717, 1.165) is 5.56 Å². The summed E-state index contributed by atoms with van der Waals surface area (Å²) in [4.78, 5) is 35.6. The van der Waals surface area contributed by atoms with Crippen molar-refractivity contribution in [2.45, 2.75) is 31.0 Å². The van der Waals surface area contributed by atoms with Crippen molar-refractivity contribution in [3.63, 3.8) is 0 Å². The SMILES string of the molecule is CSCCC(NC(=O)C(N)Cc1ccccc1)C(=O)NC(CO)C(=O)O. The molecule has 0 saturated carbocycles. The number of hydrogen-bond donors (Lipinski definition) is 5. The smallest absolute Gasteiger partial charge is 0.328 e. The van der Waals surface area contributed by atoms with E-state index in [1.165, 1.54) is 11.8 Å². The molecule has 3 unspecified atom stereocenters. The lowest BCUT2D eigenvalue weighted by atomic mass is 10.1. The summed E-state index contributed by atoms with van der Waals surface area (Å²) in [6.45, 7) is -0.738. The highest BCUT2D eigenvalue weighted by Crippen LogP contribution is 2.05. The highest BCUT2D eigenvalue weighted by molar-refractivity contribution is 7.98. The molecule has 0 aromatic heterocycles. The molecule has 0 aliphatic heterocycles. The Morgan fingerprint density at radius 2 is 1.73 bits per heavy atom. The largest absolute Gasteiger partial charge is 0.480 e. The highest BCUT2D eigenvalue weighted by Gasteiger charge is 2.27. The van der Waals surface area contributed by atoms with E-state index in [2.05, 4.69) is 10.6 Å².